The highest BCUT2D eigenvalue weighted by atomic mass is 35.5. The Kier molecular flexibility index (Phi) is 4.67. The Morgan fingerprint density at radius 3 is 2.76 bits per heavy atom. The van der Waals surface area contributed by atoms with Crippen molar-refractivity contribution in [2.75, 3.05) is 11.9 Å². The third-order valence-electron chi connectivity index (χ3n) is 3.49. The summed E-state index contributed by atoms with van der Waals surface area (Å²) < 4.78 is 6.59. The molecule has 3 aromatic rings. The van der Waals surface area contributed by atoms with E-state index in [1.54, 1.807) is 43.4 Å². The average molecular weight is 359 g/mol. The zero-order valence-corrected chi connectivity index (χ0v) is 14.4. The Balaban J connectivity index is 1.63. The van der Waals surface area contributed by atoms with E-state index in [4.69, 9.17) is 16.3 Å². The molecule has 0 aliphatic carbocycles. The molecule has 0 spiro atoms. The summed E-state index contributed by atoms with van der Waals surface area (Å²) in [5.41, 5.74) is 1.79. The maximum Gasteiger partial charge on any atom is 0.338 e. The van der Waals surface area contributed by atoms with Crippen LogP contribution >= 0.6 is 11.6 Å². The predicted molar refractivity (Wildman–Crippen MR) is 93.6 cm³/mol. The molecule has 3 rings (SSSR count). The number of esters is 1. The van der Waals surface area contributed by atoms with Crippen molar-refractivity contribution in [1.82, 2.24) is 14.8 Å². The zero-order valence-electron chi connectivity index (χ0n) is 13.6. The summed E-state index contributed by atoms with van der Waals surface area (Å²) in [6.45, 7) is 1.43. The van der Waals surface area contributed by atoms with Crippen LogP contribution in [0.2, 0.25) is 5.15 Å². The van der Waals surface area contributed by atoms with Crippen molar-refractivity contribution >= 4 is 40.2 Å². The molecule has 0 saturated heterocycles. The highest BCUT2D eigenvalue weighted by Gasteiger charge is 2.13. The van der Waals surface area contributed by atoms with Gasteiger partial charge in [-0.15, -0.1) is 0 Å². The van der Waals surface area contributed by atoms with Gasteiger partial charge in [0.05, 0.1) is 16.8 Å². The first-order valence-corrected chi connectivity index (χ1v) is 7.84. The lowest BCUT2D eigenvalue weighted by Gasteiger charge is -2.07. The highest BCUT2D eigenvalue weighted by molar-refractivity contribution is 6.29. The van der Waals surface area contributed by atoms with Gasteiger partial charge < -0.3 is 10.1 Å². The number of nitrogens with zero attached hydrogens (tertiary/aromatic N) is 3. The molecule has 128 valence electrons. The van der Waals surface area contributed by atoms with E-state index < -0.39 is 11.9 Å². The number of fused-ring (bicyclic) bond motifs is 1. The Labute approximate surface area is 148 Å². The number of benzene rings is 1. The van der Waals surface area contributed by atoms with Crippen LogP contribution in [0.3, 0.4) is 0 Å². The van der Waals surface area contributed by atoms with Crippen LogP contribution in [0, 0.1) is 6.92 Å². The lowest BCUT2D eigenvalue weighted by molar-refractivity contribution is -0.119. The number of carbonyl (C=O) groups excluding carboxylic acids is 2. The monoisotopic (exact) mass is 358 g/mol. The van der Waals surface area contributed by atoms with Crippen LogP contribution in [0.5, 0.6) is 0 Å². The van der Waals surface area contributed by atoms with Gasteiger partial charge in [0.2, 0.25) is 0 Å². The number of pyridine rings is 1. The number of carbonyl (C=O) groups is 2. The van der Waals surface area contributed by atoms with E-state index in [9.17, 15) is 9.59 Å². The molecular weight excluding hydrogens is 344 g/mol. The van der Waals surface area contributed by atoms with Crippen molar-refractivity contribution in [3.8, 4) is 0 Å². The molecular formula is C17H15ClN4O3. The average Bonchev–Trinajstić information content (AvgIpc) is 2.89. The number of rotatable bonds is 4. The molecule has 0 bridgehead atoms. The molecule has 0 aliphatic heterocycles. The molecule has 2 aromatic heterocycles. The number of aryl methyl sites for hydroxylation is 2. The number of aromatic nitrogens is 3. The molecule has 8 heteroatoms. The van der Waals surface area contributed by atoms with Gasteiger partial charge in [-0.05, 0) is 37.3 Å². The Hall–Kier alpha value is -2.93. The summed E-state index contributed by atoms with van der Waals surface area (Å²) in [6.07, 6.45) is 0. The smallest absolute Gasteiger partial charge is 0.338 e. The standard InChI is InChI=1S/C17H15ClN4O3/c1-10-7-15(22(2)21-10)20-16(23)9-25-17(24)12-3-5-13-11(8-12)4-6-14(18)19-13/h3-8H,9H2,1-2H3,(H,20,23). The van der Waals surface area contributed by atoms with Crippen LogP contribution in [-0.2, 0) is 16.6 Å². The summed E-state index contributed by atoms with van der Waals surface area (Å²) in [6, 6.07) is 10.0. The van der Waals surface area contributed by atoms with Crippen molar-refractivity contribution in [1.29, 1.82) is 0 Å². The summed E-state index contributed by atoms with van der Waals surface area (Å²) in [5.74, 6) is -0.494. The van der Waals surface area contributed by atoms with Crippen molar-refractivity contribution < 1.29 is 14.3 Å². The molecule has 0 atom stereocenters. The van der Waals surface area contributed by atoms with Gasteiger partial charge in [0, 0.05) is 18.5 Å². The topological polar surface area (TPSA) is 86.1 Å². The maximum absolute atomic E-state index is 12.1. The summed E-state index contributed by atoms with van der Waals surface area (Å²) >= 11 is 5.83. The first-order valence-electron chi connectivity index (χ1n) is 7.46. The number of halogens is 1. The van der Waals surface area contributed by atoms with E-state index in [1.165, 1.54) is 4.68 Å². The second-order valence-electron chi connectivity index (χ2n) is 5.46. The van der Waals surface area contributed by atoms with Crippen molar-refractivity contribution in [2.24, 2.45) is 7.05 Å². The molecule has 0 aliphatic rings. The summed E-state index contributed by atoms with van der Waals surface area (Å²) in [7, 11) is 1.71. The molecule has 0 unspecified atom stereocenters. The van der Waals surface area contributed by atoms with Gasteiger partial charge in [0.15, 0.2) is 6.61 Å². The quantitative estimate of drug-likeness (QED) is 0.572. The summed E-state index contributed by atoms with van der Waals surface area (Å²) in [4.78, 5) is 28.2. The fraction of sp³-hybridized carbons (Fsp3) is 0.176. The second-order valence-corrected chi connectivity index (χ2v) is 5.85. The fourth-order valence-electron chi connectivity index (χ4n) is 2.35. The summed E-state index contributed by atoms with van der Waals surface area (Å²) in [5, 5.41) is 7.89. The first kappa shape index (κ1) is 16.9. The third kappa shape index (κ3) is 3.95. The lowest BCUT2D eigenvalue weighted by Crippen LogP contribution is -2.22. The maximum atomic E-state index is 12.1. The SMILES string of the molecule is Cc1cc(NC(=O)COC(=O)c2ccc3nc(Cl)ccc3c2)n(C)n1. The minimum absolute atomic E-state index is 0.334. The number of hydrogen-bond donors (Lipinski definition) is 1. The van der Waals surface area contributed by atoms with Crippen LogP contribution < -0.4 is 5.32 Å². The zero-order chi connectivity index (χ0) is 18.0. The van der Waals surface area contributed by atoms with E-state index in [0.717, 1.165) is 11.1 Å². The minimum atomic E-state index is -0.590. The predicted octanol–water partition coefficient (Wildman–Crippen LogP) is 2.73. The van der Waals surface area contributed by atoms with Gasteiger partial charge in [0.1, 0.15) is 11.0 Å². The fourth-order valence-corrected chi connectivity index (χ4v) is 2.50. The number of nitrogens with one attached hydrogen (secondary N) is 1. The molecule has 1 amide bonds. The van der Waals surface area contributed by atoms with Crippen LogP contribution in [0.1, 0.15) is 16.1 Å². The first-order chi connectivity index (χ1) is 11.9. The van der Waals surface area contributed by atoms with E-state index in [0.29, 0.717) is 22.1 Å². The molecule has 1 aromatic carbocycles. The van der Waals surface area contributed by atoms with Gasteiger partial charge in [-0.3, -0.25) is 9.48 Å². The Morgan fingerprint density at radius 1 is 1.24 bits per heavy atom. The van der Waals surface area contributed by atoms with Crippen molar-refractivity contribution in [3.05, 3.63) is 52.8 Å². The Bertz CT molecular complexity index is 968. The van der Waals surface area contributed by atoms with Crippen LogP contribution in [-0.4, -0.2) is 33.2 Å². The molecule has 25 heavy (non-hydrogen) atoms. The van der Waals surface area contributed by atoms with Gasteiger partial charge in [-0.1, -0.05) is 11.6 Å². The van der Waals surface area contributed by atoms with Crippen molar-refractivity contribution in [2.45, 2.75) is 6.92 Å². The molecule has 7 nitrogen and oxygen atoms in total. The van der Waals surface area contributed by atoms with Gasteiger partial charge in [-0.2, -0.15) is 5.10 Å². The van der Waals surface area contributed by atoms with Gasteiger partial charge in [-0.25, -0.2) is 9.78 Å². The second kappa shape index (κ2) is 6.90. The van der Waals surface area contributed by atoms with E-state index in [-0.39, 0.29) is 6.61 Å². The normalized spacial score (nSPS) is 10.7. The lowest BCUT2D eigenvalue weighted by atomic mass is 10.1. The number of anilines is 1. The minimum Gasteiger partial charge on any atom is -0.452 e. The van der Waals surface area contributed by atoms with E-state index in [2.05, 4.69) is 15.4 Å². The van der Waals surface area contributed by atoms with Crippen molar-refractivity contribution in [3.63, 3.8) is 0 Å². The van der Waals surface area contributed by atoms with Gasteiger partial charge >= 0.3 is 5.97 Å². The molecule has 2 heterocycles. The molecule has 1 N–H and O–H groups in total. The van der Waals surface area contributed by atoms with E-state index >= 15 is 0 Å². The van der Waals surface area contributed by atoms with Gasteiger partial charge in [0.25, 0.3) is 5.91 Å². The van der Waals surface area contributed by atoms with Crippen LogP contribution in [0.25, 0.3) is 10.9 Å². The number of amides is 1. The highest BCUT2D eigenvalue weighted by Crippen LogP contribution is 2.17. The molecule has 0 saturated carbocycles. The number of ether oxygens (including phenoxy) is 1. The third-order valence-corrected chi connectivity index (χ3v) is 3.71. The Morgan fingerprint density at radius 2 is 2.04 bits per heavy atom. The van der Waals surface area contributed by atoms with E-state index in [1.807, 2.05) is 6.92 Å². The van der Waals surface area contributed by atoms with Crippen LogP contribution in [0.15, 0.2) is 36.4 Å². The molecule has 0 fully saturated rings. The number of hydrogen-bond acceptors (Lipinski definition) is 5. The molecule has 0 radical (unpaired) electrons. The largest absolute Gasteiger partial charge is 0.452 e. The van der Waals surface area contributed by atoms with Crippen LogP contribution in [0.4, 0.5) is 5.82 Å².